The third kappa shape index (κ3) is 4.06. The summed E-state index contributed by atoms with van der Waals surface area (Å²) in [7, 11) is -2.68. The van der Waals surface area contributed by atoms with Crippen LogP contribution in [0.4, 0.5) is 0 Å². The molecule has 0 spiro atoms. The Hall–Kier alpha value is -2.98. The first-order valence-electron chi connectivity index (χ1n) is 6.55. The molecule has 0 atom stereocenters. The fraction of sp³-hybridized carbons (Fsp3) is 0.0714. The number of sulfonamides is 1. The average molecular weight is 350 g/mol. The van der Waals surface area contributed by atoms with Crippen molar-refractivity contribution in [2.24, 2.45) is 5.14 Å². The Balaban J connectivity index is 2.18. The number of primary sulfonamides is 1. The second-order valence-corrected chi connectivity index (χ2v) is 6.09. The van der Waals surface area contributed by atoms with E-state index >= 15 is 0 Å². The van der Waals surface area contributed by atoms with Gasteiger partial charge in [-0.2, -0.15) is 0 Å². The van der Waals surface area contributed by atoms with Gasteiger partial charge in [-0.1, -0.05) is 6.07 Å². The SMILES string of the molecule is COc1ccc(S(N)(=O)=O)cc1C(=O)NNC(=O)c1ccccn1. The van der Waals surface area contributed by atoms with Crippen molar-refractivity contribution >= 4 is 21.8 Å². The molecule has 0 bridgehead atoms. The molecule has 4 N–H and O–H groups in total. The highest BCUT2D eigenvalue weighted by Gasteiger charge is 2.18. The van der Waals surface area contributed by atoms with Crippen molar-refractivity contribution in [3.05, 3.63) is 53.9 Å². The number of hydrogen-bond acceptors (Lipinski definition) is 6. The Morgan fingerprint density at radius 1 is 1.12 bits per heavy atom. The van der Waals surface area contributed by atoms with Gasteiger partial charge in [0.2, 0.25) is 10.0 Å². The number of benzene rings is 1. The number of methoxy groups -OCH3 is 1. The van der Waals surface area contributed by atoms with Crippen LogP contribution in [0.2, 0.25) is 0 Å². The highest BCUT2D eigenvalue weighted by Crippen LogP contribution is 2.21. The number of aromatic nitrogens is 1. The molecule has 9 nitrogen and oxygen atoms in total. The van der Waals surface area contributed by atoms with Crippen molar-refractivity contribution in [3.8, 4) is 5.75 Å². The lowest BCUT2D eigenvalue weighted by atomic mass is 10.2. The minimum atomic E-state index is -3.99. The van der Waals surface area contributed by atoms with E-state index < -0.39 is 21.8 Å². The summed E-state index contributed by atoms with van der Waals surface area (Å²) in [5.41, 5.74) is 4.32. The molecule has 0 unspecified atom stereocenters. The summed E-state index contributed by atoms with van der Waals surface area (Å²) in [6.45, 7) is 0. The van der Waals surface area contributed by atoms with Crippen LogP contribution in [0.1, 0.15) is 20.8 Å². The number of ether oxygens (including phenoxy) is 1. The van der Waals surface area contributed by atoms with E-state index in [1.165, 1.54) is 31.5 Å². The zero-order valence-electron chi connectivity index (χ0n) is 12.5. The first-order chi connectivity index (χ1) is 11.3. The van der Waals surface area contributed by atoms with Crippen molar-refractivity contribution in [3.63, 3.8) is 0 Å². The molecule has 1 aromatic carbocycles. The van der Waals surface area contributed by atoms with Gasteiger partial charge in [0.15, 0.2) is 0 Å². The number of carbonyl (C=O) groups excluding carboxylic acids is 2. The Morgan fingerprint density at radius 3 is 2.42 bits per heavy atom. The molecule has 0 saturated carbocycles. The topological polar surface area (TPSA) is 140 Å². The molecule has 1 heterocycles. The Labute approximate surface area is 137 Å². The minimum Gasteiger partial charge on any atom is -0.496 e. The van der Waals surface area contributed by atoms with Gasteiger partial charge in [-0.15, -0.1) is 0 Å². The number of nitrogens with one attached hydrogen (secondary N) is 2. The number of carbonyl (C=O) groups is 2. The van der Waals surface area contributed by atoms with Crippen LogP contribution in [-0.2, 0) is 10.0 Å². The molecular weight excluding hydrogens is 336 g/mol. The summed E-state index contributed by atoms with van der Waals surface area (Å²) >= 11 is 0. The molecule has 1 aromatic heterocycles. The first-order valence-corrected chi connectivity index (χ1v) is 8.10. The van der Waals surface area contributed by atoms with Gasteiger partial charge in [0.05, 0.1) is 17.6 Å². The van der Waals surface area contributed by atoms with E-state index in [2.05, 4.69) is 15.8 Å². The van der Waals surface area contributed by atoms with E-state index in [-0.39, 0.29) is 21.9 Å². The summed E-state index contributed by atoms with van der Waals surface area (Å²) < 4.78 is 27.8. The van der Waals surface area contributed by atoms with Crippen molar-refractivity contribution in [2.45, 2.75) is 4.90 Å². The standard InChI is InChI=1S/C14H14N4O5S/c1-23-12-6-5-9(24(15,21)22)8-10(12)13(19)17-18-14(20)11-4-2-3-7-16-11/h2-8H,1H3,(H,17,19)(H,18,20)(H2,15,21,22). The molecule has 2 amide bonds. The van der Waals surface area contributed by atoms with Crippen LogP contribution in [0.25, 0.3) is 0 Å². The molecule has 0 aliphatic carbocycles. The van der Waals surface area contributed by atoms with Gasteiger partial charge in [0.25, 0.3) is 11.8 Å². The first kappa shape index (κ1) is 17.4. The summed E-state index contributed by atoms with van der Waals surface area (Å²) in [4.78, 5) is 27.6. The monoisotopic (exact) mass is 350 g/mol. The van der Waals surface area contributed by atoms with E-state index in [0.717, 1.165) is 6.07 Å². The predicted molar refractivity (Wildman–Crippen MR) is 83.5 cm³/mol. The Morgan fingerprint density at radius 2 is 1.83 bits per heavy atom. The minimum absolute atomic E-state index is 0.100. The fourth-order valence-corrected chi connectivity index (χ4v) is 2.32. The summed E-state index contributed by atoms with van der Waals surface area (Å²) in [5.74, 6) is -1.29. The van der Waals surface area contributed by atoms with Crippen LogP contribution in [0.5, 0.6) is 5.75 Å². The van der Waals surface area contributed by atoms with Crippen LogP contribution in [0.3, 0.4) is 0 Å². The molecule has 0 aliphatic heterocycles. The predicted octanol–water partition coefficient (Wildman–Crippen LogP) is -0.188. The Kier molecular flexibility index (Phi) is 5.11. The summed E-state index contributed by atoms with van der Waals surface area (Å²) in [6.07, 6.45) is 1.43. The van der Waals surface area contributed by atoms with Gasteiger partial charge in [-0.05, 0) is 30.3 Å². The maximum absolute atomic E-state index is 12.2. The van der Waals surface area contributed by atoms with Crippen LogP contribution in [0.15, 0.2) is 47.5 Å². The molecule has 2 rings (SSSR count). The molecule has 126 valence electrons. The van der Waals surface area contributed by atoms with E-state index in [0.29, 0.717) is 0 Å². The molecule has 24 heavy (non-hydrogen) atoms. The molecule has 0 aliphatic rings. The zero-order chi connectivity index (χ0) is 17.7. The number of hydrogen-bond donors (Lipinski definition) is 3. The van der Waals surface area contributed by atoms with Crippen LogP contribution < -0.4 is 20.7 Å². The fourth-order valence-electron chi connectivity index (χ4n) is 1.78. The van der Waals surface area contributed by atoms with Gasteiger partial charge in [0.1, 0.15) is 11.4 Å². The van der Waals surface area contributed by atoms with E-state index in [1.807, 2.05) is 0 Å². The highest BCUT2D eigenvalue weighted by molar-refractivity contribution is 7.89. The molecule has 10 heteroatoms. The Bertz CT molecular complexity index is 868. The second-order valence-electron chi connectivity index (χ2n) is 4.53. The lowest BCUT2D eigenvalue weighted by molar-refractivity contribution is 0.0842. The van der Waals surface area contributed by atoms with Gasteiger partial charge in [0, 0.05) is 6.20 Å². The smallest absolute Gasteiger partial charge is 0.288 e. The normalized spacial score (nSPS) is 10.8. The maximum Gasteiger partial charge on any atom is 0.288 e. The van der Waals surface area contributed by atoms with Crippen LogP contribution in [0, 0.1) is 0 Å². The lowest BCUT2D eigenvalue weighted by Crippen LogP contribution is -2.42. The van der Waals surface area contributed by atoms with Gasteiger partial charge >= 0.3 is 0 Å². The molecular formula is C14H14N4O5S. The average Bonchev–Trinajstić information content (AvgIpc) is 2.58. The number of amides is 2. The van der Waals surface area contributed by atoms with E-state index in [9.17, 15) is 18.0 Å². The zero-order valence-corrected chi connectivity index (χ0v) is 13.3. The van der Waals surface area contributed by atoms with Gasteiger partial charge in [-0.3, -0.25) is 25.4 Å². The number of hydrazine groups is 1. The highest BCUT2D eigenvalue weighted by atomic mass is 32.2. The lowest BCUT2D eigenvalue weighted by Gasteiger charge is -2.11. The molecule has 2 aromatic rings. The molecule has 0 radical (unpaired) electrons. The maximum atomic E-state index is 12.2. The third-order valence-corrected chi connectivity index (χ3v) is 3.84. The number of rotatable bonds is 4. The number of pyridine rings is 1. The van der Waals surface area contributed by atoms with Crippen molar-refractivity contribution in [2.75, 3.05) is 7.11 Å². The quantitative estimate of drug-likeness (QED) is 0.653. The van der Waals surface area contributed by atoms with Crippen LogP contribution >= 0.6 is 0 Å². The van der Waals surface area contributed by atoms with Crippen molar-refractivity contribution in [1.29, 1.82) is 0 Å². The third-order valence-electron chi connectivity index (χ3n) is 2.93. The number of nitrogens with two attached hydrogens (primary N) is 1. The van der Waals surface area contributed by atoms with E-state index in [4.69, 9.17) is 9.88 Å². The van der Waals surface area contributed by atoms with Crippen molar-refractivity contribution in [1.82, 2.24) is 15.8 Å². The summed E-state index contributed by atoms with van der Waals surface area (Å²) in [5, 5.41) is 5.04. The largest absolute Gasteiger partial charge is 0.496 e. The van der Waals surface area contributed by atoms with Crippen molar-refractivity contribution < 1.29 is 22.7 Å². The van der Waals surface area contributed by atoms with Gasteiger partial charge in [-0.25, -0.2) is 13.6 Å². The molecule has 0 fully saturated rings. The van der Waals surface area contributed by atoms with Crippen LogP contribution in [-0.4, -0.2) is 32.3 Å². The van der Waals surface area contributed by atoms with E-state index in [1.54, 1.807) is 12.1 Å². The summed E-state index contributed by atoms with van der Waals surface area (Å²) in [6, 6.07) is 8.26. The number of nitrogens with zero attached hydrogens (tertiary/aromatic N) is 1. The second kappa shape index (κ2) is 7.06. The molecule has 0 saturated heterocycles. The van der Waals surface area contributed by atoms with Gasteiger partial charge < -0.3 is 4.74 Å².